The molecule has 35 heavy (non-hydrogen) atoms. The molecule has 1 fully saturated rings. The third kappa shape index (κ3) is 4.17. The summed E-state index contributed by atoms with van der Waals surface area (Å²) in [5.41, 5.74) is 4.05. The van der Waals surface area contributed by atoms with Gasteiger partial charge in [-0.2, -0.15) is 0 Å². The van der Waals surface area contributed by atoms with Crippen molar-refractivity contribution >= 4 is 72.4 Å². The van der Waals surface area contributed by atoms with Crippen LogP contribution in [0.2, 0.25) is 0 Å². The molecule has 4 heterocycles. The van der Waals surface area contributed by atoms with Crippen LogP contribution in [0, 0.1) is 0 Å². The smallest absolute Gasteiger partial charge is 0.240 e. The highest BCUT2D eigenvalue weighted by Gasteiger charge is 2.36. The second kappa shape index (κ2) is 9.02. The van der Waals surface area contributed by atoms with E-state index < -0.39 is 0 Å². The molecule has 1 N–H and O–H groups in total. The normalized spacial score (nSPS) is 16.6. The lowest BCUT2D eigenvalue weighted by molar-refractivity contribution is -0.115. The highest BCUT2D eigenvalue weighted by Crippen LogP contribution is 2.43. The van der Waals surface area contributed by atoms with Gasteiger partial charge in [0.05, 0.1) is 12.3 Å². The number of thioether (sulfide) groups is 1. The fourth-order valence-electron chi connectivity index (χ4n) is 3.90. The summed E-state index contributed by atoms with van der Waals surface area (Å²) in [5.74, 6) is 0.454. The van der Waals surface area contributed by atoms with Gasteiger partial charge in [0.1, 0.15) is 20.7 Å². The van der Waals surface area contributed by atoms with Crippen molar-refractivity contribution in [1.82, 2.24) is 25.4 Å². The number of amides is 1. The van der Waals surface area contributed by atoms with Gasteiger partial charge in [-0.3, -0.25) is 9.69 Å². The van der Waals surface area contributed by atoms with Crippen LogP contribution >= 0.6 is 34.4 Å². The molecular weight excluding hydrogens is 501 g/mol. The third-order valence-electron chi connectivity index (χ3n) is 5.65. The van der Waals surface area contributed by atoms with E-state index in [1.807, 2.05) is 38.4 Å². The Morgan fingerprint density at radius 1 is 1.06 bits per heavy atom. The van der Waals surface area contributed by atoms with E-state index in [2.05, 4.69) is 59.5 Å². The quantitative estimate of drug-likeness (QED) is 0.374. The summed E-state index contributed by atoms with van der Waals surface area (Å²) in [5, 5.41) is 19.5. The lowest BCUT2D eigenvalue weighted by Crippen LogP contribution is -2.27. The summed E-state index contributed by atoms with van der Waals surface area (Å²) in [6, 6.07) is 16.3. The molecule has 0 radical (unpaired) electrons. The molecule has 12 heteroatoms. The van der Waals surface area contributed by atoms with Crippen molar-refractivity contribution in [3.8, 4) is 0 Å². The van der Waals surface area contributed by atoms with Gasteiger partial charge in [-0.05, 0) is 23.8 Å². The number of benzene rings is 2. The van der Waals surface area contributed by atoms with Crippen molar-refractivity contribution < 1.29 is 4.79 Å². The lowest BCUT2D eigenvalue weighted by atomic mass is 10.2. The van der Waals surface area contributed by atoms with Crippen molar-refractivity contribution in [1.29, 1.82) is 0 Å². The predicted molar refractivity (Wildman–Crippen MR) is 142 cm³/mol. The average Bonchev–Trinajstić information content (AvgIpc) is 3.59. The fourth-order valence-corrected chi connectivity index (χ4v) is 6.73. The molecule has 1 saturated heterocycles. The van der Waals surface area contributed by atoms with Crippen molar-refractivity contribution in [2.45, 2.75) is 11.9 Å². The van der Waals surface area contributed by atoms with E-state index in [4.69, 9.17) is 0 Å². The zero-order chi connectivity index (χ0) is 23.9. The number of aromatic amines is 1. The number of aromatic nitrogens is 5. The first-order valence-electron chi connectivity index (χ1n) is 10.8. The van der Waals surface area contributed by atoms with Gasteiger partial charge in [-0.1, -0.05) is 53.0 Å². The van der Waals surface area contributed by atoms with Gasteiger partial charge < -0.3 is 9.88 Å². The fraction of sp³-hybridized carbons (Fsp3) is 0.217. The van der Waals surface area contributed by atoms with Crippen LogP contribution in [-0.2, 0) is 11.3 Å². The molecule has 3 aromatic heterocycles. The minimum atomic E-state index is -0.117. The van der Waals surface area contributed by atoms with E-state index in [0.717, 1.165) is 37.5 Å². The number of fused-ring (bicyclic) bond motifs is 3. The Morgan fingerprint density at radius 3 is 2.71 bits per heavy atom. The van der Waals surface area contributed by atoms with E-state index >= 15 is 0 Å². The number of H-pyrrole nitrogens is 1. The molecule has 5 aromatic rings. The number of nitrogens with zero attached hydrogens (tertiary/aromatic N) is 7. The summed E-state index contributed by atoms with van der Waals surface area (Å²) in [6.45, 7) is 0.325. The van der Waals surface area contributed by atoms with Gasteiger partial charge in [0.15, 0.2) is 0 Å². The number of hydrogen-bond donors (Lipinski definition) is 1. The van der Waals surface area contributed by atoms with Crippen molar-refractivity contribution in [3.05, 3.63) is 63.9 Å². The number of hydrogen-bond acceptors (Lipinski definition) is 10. The van der Waals surface area contributed by atoms with Crippen LogP contribution in [-0.4, -0.2) is 51.1 Å². The van der Waals surface area contributed by atoms with Crippen molar-refractivity contribution in [2.24, 2.45) is 4.99 Å². The van der Waals surface area contributed by atoms with Crippen LogP contribution in [0.15, 0.2) is 53.5 Å². The highest BCUT2D eigenvalue weighted by atomic mass is 32.2. The van der Waals surface area contributed by atoms with Gasteiger partial charge in [0.2, 0.25) is 15.8 Å². The maximum absolute atomic E-state index is 12.7. The zero-order valence-electron chi connectivity index (χ0n) is 18.9. The van der Waals surface area contributed by atoms with E-state index in [1.54, 1.807) is 16.7 Å². The standard InChI is InChI=1S/C23H20N8OS3/c1-30(2)14-9-7-13(8-10-14)21-31(18(32)12-33-21)23-29-26-17(34-23)11-24-22-28-27-19-15-5-3-4-6-16(15)25-20(19)35-22/h3-10,21,25H,11-12H2,1-2H3. The van der Waals surface area contributed by atoms with Crippen molar-refractivity contribution in [2.75, 3.05) is 29.6 Å². The first-order valence-corrected chi connectivity index (χ1v) is 13.5. The van der Waals surface area contributed by atoms with Crippen LogP contribution in [0.5, 0.6) is 0 Å². The number of carbonyl (C=O) groups excluding carboxylic acids is 1. The molecule has 1 aliphatic rings. The Labute approximate surface area is 212 Å². The summed E-state index contributed by atoms with van der Waals surface area (Å²) in [7, 11) is 4.01. The van der Waals surface area contributed by atoms with Gasteiger partial charge in [0, 0.05) is 30.7 Å². The molecule has 2 aromatic carbocycles. The van der Waals surface area contributed by atoms with Gasteiger partial charge in [-0.15, -0.1) is 32.2 Å². The molecule has 0 saturated carbocycles. The Balaban J connectivity index is 1.24. The Bertz CT molecular complexity index is 1600. The maximum atomic E-state index is 12.7. The summed E-state index contributed by atoms with van der Waals surface area (Å²) in [4.78, 5) is 26.0. The molecule has 1 aliphatic heterocycles. The van der Waals surface area contributed by atoms with E-state index in [9.17, 15) is 4.79 Å². The monoisotopic (exact) mass is 520 g/mol. The van der Waals surface area contributed by atoms with E-state index in [1.165, 1.54) is 22.7 Å². The predicted octanol–water partition coefficient (Wildman–Crippen LogP) is 3.97. The Hall–Kier alpha value is -3.35. The number of anilines is 2. The topological polar surface area (TPSA) is 103 Å². The van der Waals surface area contributed by atoms with Gasteiger partial charge in [-0.25, -0.2) is 4.99 Å². The number of para-hydroxylation sites is 1. The summed E-state index contributed by atoms with van der Waals surface area (Å²) < 4.78 is 0. The maximum Gasteiger partial charge on any atom is 0.240 e. The molecule has 6 rings (SSSR count). The first kappa shape index (κ1) is 22.1. The molecule has 0 spiro atoms. The summed E-state index contributed by atoms with van der Waals surface area (Å²) in [6.07, 6.45) is 0. The number of carbonyl (C=O) groups is 1. The molecule has 9 nitrogen and oxygen atoms in total. The van der Waals surface area contributed by atoms with Crippen LogP contribution in [0.3, 0.4) is 0 Å². The van der Waals surface area contributed by atoms with Crippen molar-refractivity contribution in [3.63, 3.8) is 0 Å². The molecule has 1 atom stereocenters. The van der Waals surface area contributed by atoms with Crippen LogP contribution in [0.4, 0.5) is 10.8 Å². The zero-order valence-corrected chi connectivity index (χ0v) is 21.3. The lowest BCUT2D eigenvalue weighted by Gasteiger charge is -2.21. The second-order valence-corrected chi connectivity index (χ2v) is 11.2. The van der Waals surface area contributed by atoms with Crippen LogP contribution in [0.25, 0.3) is 21.3 Å². The minimum absolute atomic E-state index is 0.0358. The number of nitrogens with one attached hydrogen (secondary N) is 1. The Morgan fingerprint density at radius 2 is 1.89 bits per heavy atom. The van der Waals surface area contributed by atoms with Gasteiger partial charge >= 0.3 is 0 Å². The van der Waals surface area contributed by atoms with E-state index in [0.29, 0.717) is 22.2 Å². The largest absolute Gasteiger partial charge is 0.378 e. The highest BCUT2D eigenvalue weighted by molar-refractivity contribution is 8.00. The molecule has 176 valence electrons. The van der Waals surface area contributed by atoms with Crippen LogP contribution in [0.1, 0.15) is 15.9 Å². The molecule has 0 bridgehead atoms. The third-order valence-corrected chi connectivity index (χ3v) is 8.66. The minimum Gasteiger partial charge on any atom is -0.378 e. The number of rotatable bonds is 5. The SMILES string of the molecule is CN(C)c1ccc(C2SCC(=O)N2c2nnc(CN=c3nnc4c([nH]c5ccccc54)s3)s2)cc1. The molecule has 1 amide bonds. The second-order valence-electron chi connectivity index (χ2n) is 8.14. The molecule has 0 aliphatic carbocycles. The van der Waals surface area contributed by atoms with E-state index in [-0.39, 0.29) is 11.3 Å². The Kier molecular flexibility index (Phi) is 5.71. The average molecular weight is 521 g/mol. The first-order chi connectivity index (χ1) is 17.1. The summed E-state index contributed by atoms with van der Waals surface area (Å²) >= 11 is 4.44. The molecular formula is C23H20N8OS3. The molecule has 1 unspecified atom stereocenters. The van der Waals surface area contributed by atoms with Crippen LogP contribution < -0.4 is 14.6 Å². The van der Waals surface area contributed by atoms with Gasteiger partial charge in [0.25, 0.3) is 0 Å².